The van der Waals surface area contributed by atoms with Crippen molar-refractivity contribution in [2.75, 3.05) is 0 Å². The largest absolute Gasteiger partial charge is 0.504 e. The highest BCUT2D eigenvalue weighted by atomic mass is 16.3. The van der Waals surface area contributed by atoms with Crippen LogP contribution >= 0.6 is 0 Å². The van der Waals surface area contributed by atoms with Crippen LogP contribution in [-0.2, 0) is 0 Å². The fourth-order valence-corrected chi connectivity index (χ4v) is 1.45. The number of phenols is 3. The van der Waals surface area contributed by atoms with Crippen molar-refractivity contribution in [2.45, 2.75) is 6.92 Å². The molecule has 0 radical (unpaired) electrons. The maximum atomic E-state index is 9.55. The summed E-state index contributed by atoms with van der Waals surface area (Å²) in [6.45, 7) is 1.70. The van der Waals surface area contributed by atoms with Crippen molar-refractivity contribution in [3.05, 3.63) is 23.9 Å². The van der Waals surface area contributed by atoms with Gasteiger partial charge in [-0.15, -0.1) is 5.92 Å². The van der Waals surface area contributed by atoms with Gasteiger partial charge in [0.15, 0.2) is 11.5 Å². The molecule has 0 bridgehead atoms. The molecule has 0 aliphatic heterocycles. The molecule has 4 nitrogen and oxygen atoms in total. The lowest BCUT2D eigenvalue weighted by atomic mass is 10.1. The summed E-state index contributed by atoms with van der Waals surface area (Å²) in [4.78, 5) is 3.98. The van der Waals surface area contributed by atoms with Crippen molar-refractivity contribution in [1.29, 1.82) is 0 Å². The molecule has 16 heavy (non-hydrogen) atoms. The highest BCUT2D eigenvalue weighted by molar-refractivity contribution is 5.89. The summed E-state index contributed by atoms with van der Waals surface area (Å²) in [5.74, 6) is 4.17. The topological polar surface area (TPSA) is 73.6 Å². The molecule has 0 fully saturated rings. The Hall–Kier alpha value is -2.41. The Balaban J connectivity index is 2.79. The number of hydrogen-bond acceptors (Lipinski definition) is 4. The predicted octanol–water partition coefficient (Wildman–Crippen LogP) is 1.72. The van der Waals surface area contributed by atoms with Gasteiger partial charge in [0.2, 0.25) is 5.75 Å². The Morgan fingerprint density at radius 3 is 2.56 bits per heavy atom. The second kappa shape index (κ2) is 3.63. The Bertz CT molecular complexity index is 623. The van der Waals surface area contributed by atoms with Crippen molar-refractivity contribution in [3.8, 4) is 29.1 Å². The molecule has 2 rings (SSSR count). The number of aromatic nitrogens is 1. The lowest BCUT2D eigenvalue weighted by Gasteiger charge is -2.04. The number of rotatable bonds is 0. The summed E-state index contributed by atoms with van der Waals surface area (Å²) in [5, 5.41) is 28.7. The molecule has 0 unspecified atom stereocenters. The van der Waals surface area contributed by atoms with Crippen LogP contribution in [0.3, 0.4) is 0 Å². The molecular formula is C12H9NO3. The van der Waals surface area contributed by atoms with Gasteiger partial charge in [-0.05, 0) is 19.1 Å². The average Bonchev–Trinajstić information content (AvgIpc) is 2.26. The predicted molar refractivity (Wildman–Crippen MR) is 59.3 cm³/mol. The Kier molecular flexibility index (Phi) is 2.29. The van der Waals surface area contributed by atoms with Crippen LogP contribution < -0.4 is 0 Å². The molecule has 2 aromatic rings. The number of hydrogen-bond donors (Lipinski definition) is 3. The van der Waals surface area contributed by atoms with Crippen LogP contribution in [0.1, 0.15) is 12.5 Å². The van der Waals surface area contributed by atoms with Crippen molar-refractivity contribution in [1.82, 2.24) is 4.98 Å². The number of fused-ring (bicyclic) bond motifs is 1. The summed E-state index contributed by atoms with van der Waals surface area (Å²) >= 11 is 0. The molecular weight excluding hydrogens is 206 g/mol. The number of benzene rings is 1. The first-order valence-electron chi connectivity index (χ1n) is 4.60. The van der Waals surface area contributed by atoms with E-state index in [2.05, 4.69) is 16.8 Å². The third kappa shape index (κ3) is 1.48. The molecule has 4 heteroatoms. The van der Waals surface area contributed by atoms with E-state index in [9.17, 15) is 15.3 Å². The van der Waals surface area contributed by atoms with Crippen molar-refractivity contribution in [3.63, 3.8) is 0 Å². The van der Waals surface area contributed by atoms with Crippen LogP contribution in [-0.4, -0.2) is 20.3 Å². The van der Waals surface area contributed by atoms with Crippen LogP contribution in [0, 0.1) is 11.8 Å². The second-order valence-electron chi connectivity index (χ2n) is 3.26. The fraction of sp³-hybridized carbons (Fsp3) is 0.0833. The maximum absolute atomic E-state index is 9.55. The summed E-state index contributed by atoms with van der Waals surface area (Å²) < 4.78 is 0. The molecule has 0 atom stereocenters. The fourth-order valence-electron chi connectivity index (χ4n) is 1.45. The first-order chi connectivity index (χ1) is 7.63. The van der Waals surface area contributed by atoms with E-state index in [1.54, 1.807) is 13.0 Å². The van der Waals surface area contributed by atoms with Gasteiger partial charge in [-0.3, -0.25) is 4.98 Å². The summed E-state index contributed by atoms with van der Waals surface area (Å²) in [6, 6.07) is 3.01. The molecule has 1 aromatic carbocycles. The standard InChI is InChI=1S/C12H9NO3/c1-2-3-7-4-8-5-9(14)11(15)12(16)10(8)13-6-7/h4-6,14-16H,1H3. The third-order valence-corrected chi connectivity index (χ3v) is 2.17. The minimum Gasteiger partial charge on any atom is -0.504 e. The normalized spacial score (nSPS) is 9.81. The average molecular weight is 215 g/mol. The lowest BCUT2D eigenvalue weighted by molar-refractivity contribution is 0.371. The number of phenolic OH excluding ortho intramolecular Hbond substituents is 3. The van der Waals surface area contributed by atoms with Crippen LogP contribution in [0.25, 0.3) is 10.9 Å². The van der Waals surface area contributed by atoms with Gasteiger partial charge in [0.25, 0.3) is 0 Å². The van der Waals surface area contributed by atoms with Crippen LogP contribution in [0.2, 0.25) is 0 Å². The van der Waals surface area contributed by atoms with Gasteiger partial charge in [-0.1, -0.05) is 5.92 Å². The zero-order valence-electron chi connectivity index (χ0n) is 8.52. The minimum absolute atomic E-state index is 0.233. The zero-order valence-corrected chi connectivity index (χ0v) is 8.52. The van der Waals surface area contributed by atoms with Gasteiger partial charge < -0.3 is 15.3 Å². The highest BCUT2D eigenvalue weighted by Crippen LogP contribution is 2.39. The summed E-state index contributed by atoms with van der Waals surface area (Å²) in [6.07, 6.45) is 1.50. The van der Waals surface area contributed by atoms with Gasteiger partial charge in [0, 0.05) is 17.1 Å². The van der Waals surface area contributed by atoms with Crippen LogP contribution in [0.4, 0.5) is 0 Å². The molecule has 1 aromatic heterocycles. The third-order valence-electron chi connectivity index (χ3n) is 2.17. The van der Waals surface area contributed by atoms with Gasteiger partial charge in [-0.25, -0.2) is 0 Å². The first kappa shape index (κ1) is 10.1. The SMILES string of the molecule is CC#Cc1cnc2c(O)c(O)c(O)cc2c1. The molecule has 0 saturated heterocycles. The zero-order chi connectivity index (χ0) is 11.7. The number of aromatic hydroxyl groups is 3. The Labute approximate surface area is 91.8 Å². The van der Waals surface area contributed by atoms with Gasteiger partial charge in [0.05, 0.1) is 0 Å². The lowest BCUT2D eigenvalue weighted by Crippen LogP contribution is -1.84. The van der Waals surface area contributed by atoms with E-state index < -0.39 is 11.5 Å². The molecule has 0 amide bonds. The molecule has 0 aliphatic rings. The van der Waals surface area contributed by atoms with Crippen molar-refractivity contribution < 1.29 is 15.3 Å². The molecule has 0 aliphatic carbocycles. The highest BCUT2D eigenvalue weighted by Gasteiger charge is 2.12. The summed E-state index contributed by atoms with van der Waals surface area (Å²) in [7, 11) is 0. The van der Waals surface area contributed by atoms with Crippen molar-refractivity contribution in [2.24, 2.45) is 0 Å². The smallest absolute Gasteiger partial charge is 0.202 e. The number of nitrogens with zero attached hydrogens (tertiary/aromatic N) is 1. The van der Waals surface area contributed by atoms with Crippen molar-refractivity contribution >= 4 is 10.9 Å². The number of pyridine rings is 1. The van der Waals surface area contributed by atoms with E-state index in [1.807, 2.05) is 0 Å². The molecule has 3 N–H and O–H groups in total. The monoisotopic (exact) mass is 215 g/mol. The second-order valence-corrected chi connectivity index (χ2v) is 3.26. The van der Waals surface area contributed by atoms with E-state index in [1.165, 1.54) is 12.3 Å². The quantitative estimate of drug-likeness (QED) is 0.462. The van der Waals surface area contributed by atoms with E-state index in [4.69, 9.17) is 0 Å². The molecule has 0 spiro atoms. The van der Waals surface area contributed by atoms with Crippen LogP contribution in [0.15, 0.2) is 18.3 Å². The van der Waals surface area contributed by atoms with E-state index in [0.717, 1.165) is 0 Å². The van der Waals surface area contributed by atoms with E-state index in [-0.39, 0.29) is 11.3 Å². The summed E-state index contributed by atoms with van der Waals surface area (Å²) in [5.41, 5.74) is 0.913. The van der Waals surface area contributed by atoms with Crippen LogP contribution in [0.5, 0.6) is 17.2 Å². The minimum atomic E-state index is -0.561. The first-order valence-corrected chi connectivity index (χ1v) is 4.60. The van der Waals surface area contributed by atoms with Gasteiger partial charge in [-0.2, -0.15) is 0 Å². The molecule has 1 heterocycles. The Morgan fingerprint density at radius 2 is 1.88 bits per heavy atom. The van der Waals surface area contributed by atoms with Gasteiger partial charge in [0.1, 0.15) is 5.52 Å². The van der Waals surface area contributed by atoms with E-state index >= 15 is 0 Å². The molecule has 0 saturated carbocycles. The van der Waals surface area contributed by atoms with E-state index in [0.29, 0.717) is 10.9 Å². The maximum Gasteiger partial charge on any atom is 0.202 e. The molecule has 80 valence electrons. The Morgan fingerprint density at radius 1 is 1.12 bits per heavy atom. The van der Waals surface area contributed by atoms with Gasteiger partial charge >= 0.3 is 0 Å².